The summed E-state index contributed by atoms with van der Waals surface area (Å²) in [7, 11) is 0. The number of unbranched alkanes of at least 4 members (excludes halogenated alkanes) is 1. The molecule has 2 N–H and O–H groups in total. The molecule has 0 spiro atoms. The highest BCUT2D eigenvalue weighted by atomic mass is 35.5. The molecular weight excluding hydrogens is 387 g/mol. The van der Waals surface area contributed by atoms with Crippen LogP contribution in [0.5, 0.6) is 5.75 Å². The highest BCUT2D eigenvalue weighted by Crippen LogP contribution is 2.22. The molecule has 0 saturated carbocycles. The van der Waals surface area contributed by atoms with Crippen LogP contribution < -0.4 is 15.4 Å². The van der Waals surface area contributed by atoms with E-state index in [2.05, 4.69) is 17.6 Å². The number of benzene rings is 2. The summed E-state index contributed by atoms with van der Waals surface area (Å²) in [4.78, 5) is 24.0. The fourth-order valence-electron chi connectivity index (χ4n) is 2.24. The molecule has 0 aliphatic heterocycles. The predicted octanol–water partition coefficient (Wildman–Crippen LogP) is 4.22. The van der Waals surface area contributed by atoms with Crippen molar-refractivity contribution in [1.82, 2.24) is 10.6 Å². The summed E-state index contributed by atoms with van der Waals surface area (Å²) in [6, 6.07) is 12.1. The van der Waals surface area contributed by atoms with Gasteiger partial charge in [-0.05, 0) is 42.3 Å². The van der Waals surface area contributed by atoms with Gasteiger partial charge in [0.05, 0.1) is 23.2 Å². The highest BCUT2D eigenvalue weighted by molar-refractivity contribution is 6.42. The number of hydrogen-bond acceptors (Lipinski definition) is 3. The van der Waals surface area contributed by atoms with Gasteiger partial charge >= 0.3 is 0 Å². The maximum absolute atomic E-state index is 12.0. The standard InChI is InChI=1S/C20H22Cl2N2O3/c1-2-3-9-27-16-6-4-5-14(10-16)12-23-19(25)13-24-20(26)15-7-8-17(21)18(22)11-15/h4-8,10-11H,2-3,9,12-13H2,1H3,(H,23,25)(H,24,26). The average Bonchev–Trinajstić information content (AvgIpc) is 2.67. The Morgan fingerprint density at radius 2 is 1.85 bits per heavy atom. The van der Waals surface area contributed by atoms with Crippen LogP contribution in [0.4, 0.5) is 0 Å². The van der Waals surface area contributed by atoms with E-state index in [0.717, 1.165) is 24.2 Å². The van der Waals surface area contributed by atoms with Crippen molar-refractivity contribution in [3.63, 3.8) is 0 Å². The lowest BCUT2D eigenvalue weighted by molar-refractivity contribution is -0.120. The minimum atomic E-state index is -0.393. The van der Waals surface area contributed by atoms with Gasteiger partial charge in [-0.2, -0.15) is 0 Å². The summed E-state index contributed by atoms with van der Waals surface area (Å²) in [5.41, 5.74) is 1.27. The van der Waals surface area contributed by atoms with Gasteiger partial charge in [-0.1, -0.05) is 48.7 Å². The molecular formula is C20H22Cl2N2O3. The minimum absolute atomic E-state index is 0.133. The molecule has 27 heavy (non-hydrogen) atoms. The van der Waals surface area contributed by atoms with Crippen molar-refractivity contribution in [1.29, 1.82) is 0 Å². The van der Waals surface area contributed by atoms with Crippen molar-refractivity contribution < 1.29 is 14.3 Å². The van der Waals surface area contributed by atoms with E-state index in [1.807, 2.05) is 24.3 Å². The maximum atomic E-state index is 12.0. The maximum Gasteiger partial charge on any atom is 0.251 e. The fraction of sp³-hybridized carbons (Fsp3) is 0.300. The van der Waals surface area contributed by atoms with Crippen LogP contribution in [-0.4, -0.2) is 25.0 Å². The molecule has 0 aliphatic rings. The largest absolute Gasteiger partial charge is 0.494 e. The Labute approximate surface area is 169 Å². The number of rotatable bonds is 9. The Kier molecular flexibility index (Phi) is 8.43. The molecule has 0 aromatic heterocycles. The molecule has 2 aromatic carbocycles. The Balaban J connectivity index is 1.78. The first kappa shape index (κ1) is 21.1. The number of nitrogens with one attached hydrogen (secondary N) is 2. The van der Waals surface area contributed by atoms with Crippen LogP contribution in [0.25, 0.3) is 0 Å². The fourth-order valence-corrected chi connectivity index (χ4v) is 2.54. The Hall–Kier alpha value is -2.24. The third-order valence-corrected chi connectivity index (χ3v) is 4.49. The summed E-state index contributed by atoms with van der Waals surface area (Å²) in [6.45, 7) is 3.00. The molecule has 0 saturated heterocycles. The third kappa shape index (κ3) is 7.12. The second-order valence-corrected chi connectivity index (χ2v) is 6.75. The van der Waals surface area contributed by atoms with Crippen molar-refractivity contribution in [2.75, 3.05) is 13.2 Å². The SMILES string of the molecule is CCCCOc1cccc(CNC(=O)CNC(=O)c2ccc(Cl)c(Cl)c2)c1. The van der Waals surface area contributed by atoms with Gasteiger partial charge in [0.15, 0.2) is 0 Å². The van der Waals surface area contributed by atoms with Crippen LogP contribution in [-0.2, 0) is 11.3 Å². The van der Waals surface area contributed by atoms with E-state index in [0.29, 0.717) is 23.7 Å². The topological polar surface area (TPSA) is 67.4 Å². The normalized spacial score (nSPS) is 10.3. The zero-order valence-corrected chi connectivity index (χ0v) is 16.6. The van der Waals surface area contributed by atoms with Gasteiger partial charge in [0.1, 0.15) is 5.75 Å². The third-order valence-electron chi connectivity index (χ3n) is 3.75. The van der Waals surface area contributed by atoms with Gasteiger partial charge in [0.2, 0.25) is 5.91 Å². The van der Waals surface area contributed by atoms with Crippen molar-refractivity contribution in [2.45, 2.75) is 26.3 Å². The van der Waals surface area contributed by atoms with Gasteiger partial charge in [-0.25, -0.2) is 0 Å². The molecule has 144 valence electrons. The molecule has 0 radical (unpaired) electrons. The average molecular weight is 409 g/mol. The molecule has 5 nitrogen and oxygen atoms in total. The second kappa shape index (κ2) is 10.8. The number of hydrogen-bond donors (Lipinski definition) is 2. The number of carbonyl (C=O) groups is 2. The lowest BCUT2D eigenvalue weighted by atomic mass is 10.2. The van der Waals surface area contributed by atoms with E-state index in [1.165, 1.54) is 12.1 Å². The molecule has 7 heteroatoms. The molecule has 2 rings (SSSR count). The van der Waals surface area contributed by atoms with Crippen molar-refractivity contribution in [3.05, 3.63) is 63.6 Å². The quantitative estimate of drug-likeness (QED) is 0.610. The van der Waals surface area contributed by atoms with Gasteiger partial charge in [-0.15, -0.1) is 0 Å². The van der Waals surface area contributed by atoms with E-state index < -0.39 is 5.91 Å². The van der Waals surface area contributed by atoms with E-state index in [4.69, 9.17) is 27.9 Å². The van der Waals surface area contributed by atoms with Crippen LogP contribution in [0.15, 0.2) is 42.5 Å². The highest BCUT2D eigenvalue weighted by Gasteiger charge is 2.10. The lowest BCUT2D eigenvalue weighted by Crippen LogP contribution is -2.36. The minimum Gasteiger partial charge on any atom is -0.494 e. The van der Waals surface area contributed by atoms with Crippen LogP contribution in [0, 0.1) is 0 Å². The Morgan fingerprint density at radius 3 is 2.59 bits per heavy atom. The first-order chi connectivity index (χ1) is 13.0. The van der Waals surface area contributed by atoms with Crippen molar-refractivity contribution in [3.8, 4) is 5.75 Å². The molecule has 0 fully saturated rings. The first-order valence-electron chi connectivity index (χ1n) is 8.71. The second-order valence-electron chi connectivity index (χ2n) is 5.94. The van der Waals surface area contributed by atoms with Crippen LogP contribution in [0.1, 0.15) is 35.7 Å². The zero-order valence-electron chi connectivity index (χ0n) is 15.1. The van der Waals surface area contributed by atoms with Crippen LogP contribution in [0.3, 0.4) is 0 Å². The van der Waals surface area contributed by atoms with Crippen LogP contribution >= 0.6 is 23.2 Å². The molecule has 0 bridgehead atoms. The van der Waals surface area contributed by atoms with E-state index >= 15 is 0 Å². The van der Waals surface area contributed by atoms with Crippen molar-refractivity contribution in [2.24, 2.45) is 0 Å². The number of amides is 2. The van der Waals surface area contributed by atoms with Gasteiger partial charge in [0.25, 0.3) is 5.91 Å². The van der Waals surface area contributed by atoms with E-state index in [-0.39, 0.29) is 17.5 Å². The molecule has 0 heterocycles. The number of halogens is 2. The summed E-state index contributed by atoms with van der Waals surface area (Å²) < 4.78 is 5.65. The number of ether oxygens (including phenoxy) is 1. The molecule has 0 unspecified atom stereocenters. The Morgan fingerprint density at radius 1 is 1.04 bits per heavy atom. The smallest absolute Gasteiger partial charge is 0.251 e. The predicted molar refractivity (Wildman–Crippen MR) is 107 cm³/mol. The summed E-state index contributed by atoms with van der Waals surface area (Å²) in [5, 5.41) is 5.97. The first-order valence-corrected chi connectivity index (χ1v) is 9.47. The van der Waals surface area contributed by atoms with Crippen molar-refractivity contribution >= 4 is 35.0 Å². The summed E-state index contributed by atoms with van der Waals surface area (Å²) in [6.07, 6.45) is 2.07. The molecule has 2 amide bonds. The molecule has 2 aromatic rings. The van der Waals surface area contributed by atoms with Gasteiger partial charge < -0.3 is 15.4 Å². The van der Waals surface area contributed by atoms with E-state index in [1.54, 1.807) is 6.07 Å². The summed E-state index contributed by atoms with van der Waals surface area (Å²) in [5.74, 6) is 0.0962. The van der Waals surface area contributed by atoms with Gasteiger partial charge in [0, 0.05) is 12.1 Å². The van der Waals surface area contributed by atoms with Crippen LogP contribution in [0.2, 0.25) is 10.0 Å². The zero-order chi connectivity index (χ0) is 19.6. The molecule has 0 aliphatic carbocycles. The molecule has 0 atom stereocenters. The summed E-state index contributed by atoms with van der Waals surface area (Å²) >= 11 is 11.7. The number of carbonyl (C=O) groups excluding carboxylic acids is 2. The monoisotopic (exact) mass is 408 g/mol. The lowest BCUT2D eigenvalue weighted by Gasteiger charge is -2.09. The Bertz CT molecular complexity index is 797. The van der Waals surface area contributed by atoms with E-state index in [9.17, 15) is 9.59 Å². The van der Waals surface area contributed by atoms with Gasteiger partial charge in [-0.3, -0.25) is 9.59 Å².